The van der Waals surface area contributed by atoms with E-state index in [1.807, 2.05) is 0 Å². The lowest BCUT2D eigenvalue weighted by atomic mass is 10.00. The minimum atomic E-state index is 0.306. The monoisotopic (exact) mass is 327 g/mol. The summed E-state index contributed by atoms with van der Waals surface area (Å²) in [6.45, 7) is 11.7. The Morgan fingerprint density at radius 2 is 2.13 bits per heavy atom. The van der Waals surface area contributed by atoms with E-state index in [9.17, 15) is 0 Å². The zero-order valence-electron chi connectivity index (χ0n) is 15.4. The number of aliphatic imine (C=N–C) groups is 1. The molecule has 0 aromatic rings. The molecule has 0 bridgehead atoms. The van der Waals surface area contributed by atoms with Crippen molar-refractivity contribution in [1.29, 1.82) is 0 Å². The fourth-order valence-corrected chi connectivity index (χ4v) is 2.65. The summed E-state index contributed by atoms with van der Waals surface area (Å²) in [6, 6.07) is 0. The topological polar surface area (TPSA) is 54.9 Å². The molecule has 0 radical (unpaired) electrons. The molecular weight excluding hydrogens is 290 g/mol. The van der Waals surface area contributed by atoms with E-state index in [0.29, 0.717) is 12.0 Å². The van der Waals surface area contributed by atoms with Crippen molar-refractivity contribution in [3.8, 4) is 0 Å². The van der Waals surface area contributed by atoms with E-state index < -0.39 is 0 Å². The van der Waals surface area contributed by atoms with Crippen LogP contribution in [0.1, 0.15) is 59.3 Å². The van der Waals surface area contributed by atoms with Crippen molar-refractivity contribution in [3.63, 3.8) is 0 Å². The maximum atomic E-state index is 5.78. The van der Waals surface area contributed by atoms with Gasteiger partial charge >= 0.3 is 0 Å². The van der Waals surface area contributed by atoms with Gasteiger partial charge in [0.1, 0.15) is 0 Å². The molecule has 2 atom stereocenters. The molecule has 23 heavy (non-hydrogen) atoms. The highest BCUT2D eigenvalue weighted by molar-refractivity contribution is 5.79. The van der Waals surface area contributed by atoms with E-state index >= 15 is 0 Å². The molecule has 1 saturated heterocycles. The Balaban J connectivity index is 2.19. The van der Waals surface area contributed by atoms with E-state index in [-0.39, 0.29) is 0 Å². The third-order valence-electron chi connectivity index (χ3n) is 4.25. The van der Waals surface area contributed by atoms with E-state index in [4.69, 9.17) is 14.5 Å². The second-order valence-electron chi connectivity index (χ2n) is 6.27. The van der Waals surface area contributed by atoms with Crippen LogP contribution < -0.4 is 10.6 Å². The number of hydrogen-bond donors (Lipinski definition) is 2. The fraction of sp³-hybridized carbons (Fsp3) is 0.944. The van der Waals surface area contributed by atoms with Gasteiger partial charge in [-0.05, 0) is 32.1 Å². The van der Waals surface area contributed by atoms with Crippen LogP contribution >= 0.6 is 0 Å². The zero-order valence-corrected chi connectivity index (χ0v) is 15.4. The molecule has 5 nitrogen and oxygen atoms in total. The highest BCUT2D eigenvalue weighted by Gasteiger charge is 2.15. The summed E-state index contributed by atoms with van der Waals surface area (Å²) in [4.78, 5) is 4.75. The van der Waals surface area contributed by atoms with Crippen LogP contribution in [-0.4, -0.2) is 51.5 Å². The minimum absolute atomic E-state index is 0.306. The van der Waals surface area contributed by atoms with Gasteiger partial charge in [-0.3, -0.25) is 4.99 Å². The van der Waals surface area contributed by atoms with Crippen LogP contribution in [0, 0.1) is 5.92 Å². The van der Waals surface area contributed by atoms with Crippen LogP contribution in [0.25, 0.3) is 0 Å². The maximum absolute atomic E-state index is 5.78. The van der Waals surface area contributed by atoms with Gasteiger partial charge < -0.3 is 20.1 Å². The van der Waals surface area contributed by atoms with E-state index in [0.717, 1.165) is 58.3 Å². The lowest BCUT2D eigenvalue weighted by molar-refractivity contribution is 0.0420. The molecule has 1 fully saturated rings. The molecule has 0 saturated carbocycles. The first kappa shape index (κ1) is 20.2. The normalized spacial score (nSPS) is 19.8. The molecule has 1 heterocycles. The molecule has 5 heteroatoms. The SMILES string of the molecule is CCCCC(CC)CN=C(NCC)NCCCOC1CCOC1. The summed E-state index contributed by atoms with van der Waals surface area (Å²) in [7, 11) is 0. The minimum Gasteiger partial charge on any atom is -0.379 e. The molecule has 0 aromatic carbocycles. The average Bonchev–Trinajstić information content (AvgIpc) is 3.08. The third-order valence-corrected chi connectivity index (χ3v) is 4.25. The second kappa shape index (κ2) is 13.6. The Kier molecular flexibility index (Phi) is 12.0. The van der Waals surface area contributed by atoms with Gasteiger partial charge in [-0.2, -0.15) is 0 Å². The van der Waals surface area contributed by atoms with Gasteiger partial charge in [-0.1, -0.05) is 33.1 Å². The number of nitrogens with zero attached hydrogens (tertiary/aromatic N) is 1. The summed E-state index contributed by atoms with van der Waals surface area (Å²) < 4.78 is 11.1. The molecule has 136 valence electrons. The van der Waals surface area contributed by atoms with Crippen LogP contribution in [0.3, 0.4) is 0 Å². The van der Waals surface area contributed by atoms with Crippen molar-refractivity contribution >= 4 is 5.96 Å². The summed E-state index contributed by atoms with van der Waals surface area (Å²) >= 11 is 0. The van der Waals surface area contributed by atoms with E-state index in [1.54, 1.807) is 0 Å². The molecule has 2 N–H and O–H groups in total. The van der Waals surface area contributed by atoms with Crippen LogP contribution in [0.15, 0.2) is 4.99 Å². The van der Waals surface area contributed by atoms with Crippen molar-refractivity contribution in [2.24, 2.45) is 10.9 Å². The summed E-state index contributed by atoms with van der Waals surface area (Å²) in [5, 5.41) is 6.74. The molecule has 0 spiro atoms. The Hall–Kier alpha value is -0.810. The Labute approximate surface area is 142 Å². The summed E-state index contributed by atoms with van der Waals surface area (Å²) in [5.74, 6) is 1.64. The highest BCUT2D eigenvalue weighted by atomic mass is 16.5. The first-order chi connectivity index (χ1) is 11.3. The lowest BCUT2D eigenvalue weighted by Crippen LogP contribution is -2.38. The number of rotatable bonds is 12. The molecule has 0 aromatic heterocycles. The summed E-state index contributed by atoms with van der Waals surface area (Å²) in [5.41, 5.74) is 0. The fourth-order valence-electron chi connectivity index (χ4n) is 2.65. The number of guanidine groups is 1. The number of ether oxygens (including phenoxy) is 2. The smallest absolute Gasteiger partial charge is 0.191 e. The van der Waals surface area contributed by atoms with Gasteiger partial charge in [-0.25, -0.2) is 0 Å². The first-order valence-electron chi connectivity index (χ1n) is 9.51. The first-order valence-corrected chi connectivity index (χ1v) is 9.51. The molecule has 1 rings (SSSR count). The van der Waals surface area contributed by atoms with Crippen LogP contribution in [-0.2, 0) is 9.47 Å². The van der Waals surface area contributed by atoms with Crippen molar-refractivity contribution in [3.05, 3.63) is 0 Å². The van der Waals surface area contributed by atoms with E-state index in [1.165, 1.54) is 25.7 Å². The zero-order chi connectivity index (χ0) is 16.8. The maximum Gasteiger partial charge on any atom is 0.191 e. The second-order valence-corrected chi connectivity index (χ2v) is 6.27. The lowest BCUT2D eigenvalue weighted by Gasteiger charge is -2.15. The van der Waals surface area contributed by atoms with Crippen molar-refractivity contribution in [1.82, 2.24) is 10.6 Å². The Morgan fingerprint density at radius 3 is 2.78 bits per heavy atom. The average molecular weight is 328 g/mol. The number of hydrogen-bond acceptors (Lipinski definition) is 3. The predicted molar refractivity (Wildman–Crippen MR) is 97.1 cm³/mol. The standard InChI is InChI=1S/C18H37N3O2/c1-4-7-9-16(5-2)14-21-18(19-6-3)20-11-8-12-23-17-10-13-22-15-17/h16-17H,4-15H2,1-3H3,(H2,19,20,21). The van der Waals surface area contributed by atoms with Gasteiger partial charge in [0, 0.05) is 32.8 Å². The Bertz CT molecular complexity index is 305. The quantitative estimate of drug-likeness (QED) is 0.329. The van der Waals surface area contributed by atoms with Gasteiger partial charge in [0.25, 0.3) is 0 Å². The molecule has 0 amide bonds. The predicted octanol–water partition coefficient (Wildman–Crippen LogP) is 2.95. The molecular formula is C18H37N3O2. The molecule has 2 unspecified atom stereocenters. The van der Waals surface area contributed by atoms with E-state index in [2.05, 4.69) is 31.4 Å². The van der Waals surface area contributed by atoms with Gasteiger partial charge in [-0.15, -0.1) is 0 Å². The Morgan fingerprint density at radius 1 is 1.26 bits per heavy atom. The molecule has 1 aliphatic heterocycles. The third kappa shape index (κ3) is 9.82. The van der Waals surface area contributed by atoms with Crippen LogP contribution in [0.4, 0.5) is 0 Å². The van der Waals surface area contributed by atoms with Gasteiger partial charge in [0.15, 0.2) is 5.96 Å². The van der Waals surface area contributed by atoms with Crippen molar-refractivity contribution < 1.29 is 9.47 Å². The van der Waals surface area contributed by atoms with Crippen LogP contribution in [0.5, 0.6) is 0 Å². The van der Waals surface area contributed by atoms with Gasteiger partial charge in [0.05, 0.1) is 12.7 Å². The highest BCUT2D eigenvalue weighted by Crippen LogP contribution is 2.12. The molecule has 0 aliphatic carbocycles. The number of unbranched alkanes of at least 4 members (excludes halogenated alkanes) is 1. The molecule has 1 aliphatic rings. The largest absolute Gasteiger partial charge is 0.379 e. The number of nitrogens with one attached hydrogen (secondary N) is 2. The summed E-state index contributed by atoms with van der Waals surface area (Å²) in [6.07, 6.45) is 7.40. The van der Waals surface area contributed by atoms with Crippen LogP contribution in [0.2, 0.25) is 0 Å². The van der Waals surface area contributed by atoms with Crippen molar-refractivity contribution in [2.75, 3.05) is 39.5 Å². The van der Waals surface area contributed by atoms with Crippen molar-refractivity contribution in [2.45, 2.75) is 65.4 Å². The van der Waals surface area contributed by atoms with Gasteiger partial charge in [0.2, 0.25) is 0 Å².